The molecule has 1 unspecified atom stereocenters. The Kier molecular flexibility index (Phi) is 8.09. The zero-order valence-electron chi connectivity index (χ0n) is 18.0. The number of aliphatic hydroxyl groups excluding tert-OH is 1. The molecule has 9 nitrogen and oxygen atoms in total. The van der Waals surface area contributed by atoms with E-state index in [0.29, 0.717) is 11.5 Å². The van der Waals surface area contributed by atoms with Crippen LogP contribution in [-0.2, 0) is 4.74 Å². The molecule has 31 heavy (non-hydrogen) atoms. The summed E-state index contributed by atoms with van der Waals surface area (Å²) >= 11 is 0. The van der Waals surface area contributed by atoms with Crippen LogP contribution in [0.2, 0.25) is 0 Å². The highest BCUT2D eigenvalue weighted by molar-refractivity contribution is 5.96. The maximum Gasteiger partial charge on any atom is 0.412 e. The summed E-state index contributed by atoms with van der Waals surface area (Å²) in [4.78, 5) is 24.3. The summed E-state index contributed by atoms with van der Waals surface area (Å²) in [7, 11) is 1.56. The van der Waals surface area contributed by atoms with Crippen LogP contribution in [0.5, 0.6) is 17.2 Å². The maximum absolute atomic E-state index is 12.4. The number of amides is 2. The van der Waals surface area contributed by atoms with Gasteiger partial charge in [-0.3, -0.25) is 10.1 Å². The molecule has 0 aliphatic heterocycles. The fourth-order valence-electron chi connectivity index (χ4n) is 2.47. The average molecular weight is 432 g/mol. The molecule has 0 aliphatic rings. The second-order valence-corrected chi connectivity index (χ2v) is 7.75. The number of phenols is 1. The predicted octanol–water partition coefficient (Wildman–Crippen LogP) is 2.92. The van der Waals surface area contributed by atoms with Crippen LogP contribution in [-0.4, -0.2) is 54.2 Å². The number of aliphatic hydroxyl groups is 1. The minimum absolute atomic E-state index is 0.0297. The first-order valence-corrected chi connectivity index (χ1v) is 9.63. The highest BCUT2D eigenvalue weighted by Crippen LogP contribution is 2.21. The molecular weight excluding hydrogens is 404 g/mol. The Bertz CT molecular complexity index is 892. The first-order chi connectivity index (χ1) is 14.6. The molecule has 0 radical (unpaired) electrons. The summed E-state index contributed by atoms with van der Waals surface area (Å²) in [6.07, 6.45) is -1.67. The van der Waals surface area contributed by atoms with Crippen molar-refractivity contribution in [2.24, 2.45) is 0 Å². The Morgan fingerprint density at radius 3 is 2.32 bits per heavy atom. The van der Waals surface area contributed by atoms with Crippen LogP contribution >= 0.6 is 0 Å². The third kappa shape index (κ3) is 8.43. The van der Waals surface area contributed by atoms with E-state index >= 15 is 0 Å². The Hall–Kier alpha value is -3.46. The number of rotatable bonds is 8. The molecule has 0 aromatic heterocycles. The molecule has 2 amide bonds. The van der Waals surface area contributed by atoms with Crippen LogP contribution in [0.3, 0.4) is 0 Å². The number of hydrogen-bond donors (Lipinski definition) is 4. The normalized spacial score (nSPS) is 11.9. The quantitative estimate of drug-likeness (QED) is 0.505. The number of hydrogen-bond acceptors (Lipinski definition) is 7. The van der Waals surface area contributed by atoms with Crippen molar-refractivity contribution in [2.75, 3.05) is 25.6 Å². The largest absolute Gasteiger partial charge is 0.508 e. The molecule has 168 valence electrons. The zero-order chi connectivity index (χ0) is 23.0. The van der Waals surface area contributed by atoms with Crippen molar-refractivity contribution in [2.45, 2.75) is 32.5 Å². The summed E-state index contributed by atoms with van der Waals surface area (Å²) in [6.45, 7) is 5.06. The summed E-state index contributed by atoms with van der Waals surface area (Å²) < 4.78 is 15.7. The van der Waals surface area contributed by atoms with Crippen LogP contribution in [0.1, 0.15) is 31.1 Å². The molecule has 0 saturated carbocycles. The molecule has 0 aliphatic carbocycles. The van der Waals surface area contributed by atoms with E-state index in [1.807, 2.05) is 0 Å². The molecule has 2 aromatic rings. The molecule has 2 aromatic carbocycles. The van der Waals surface area contributed by atoms with E-state index in [1.165, 1.54) is 18.2 Å². The van der Waals surface area contributed by atoms with Crippen molar-refractivity contribution in [3.05, 3.63) is 48.0 Å². The molecule has 0 fully saturated rings. The second kappa shape index (κ2) is 10.5. The maximum atomic E-state index is 12.4. The standard InChI is InChI=1S/C22H28N2O7/c1-22(2,3)31-21(28)24-15-9-14(10-16(25)11-15)20(27)23-12-17(26)13-30-19-7-5-18(29-4)6-8-19/h5-11,17,25-26H,12-13H2,1-4H3,(H,23,27)(H,24,28). The summed E-state index contributed by atoms with van der Waals surface area (Å²) in [6, 6.07) is 10.8. The lowest BCUT2D eigenvalue weighted by Gasteiger charge is -2.20. The Morgan fingerprint density at radius 1 is 1.06 bits per heavy atom. The van der Waals surface area contributed by atoms with E-state index in [2.05, 4.69) is 10.6 Å². The van der Waals surface area contributed by atoms with Crippen molar-refractivity contribution >= 4 is 17.7 Å². The number of nitrogens with one attached hydrogen (secondary N) is 2. The van der Waals surface area contributed by atoms with E-state index in [1.54, 1.807) is 52.1 Å². The lowest BCUT2D eigenvalue weighted by molar-refractivity contribution is 0.0635. The Labute approximate surface area is 180 Å². The van der Waals surface area contributed by atoms with Crippen molar-refractivity contribution in [3.8, 4) is 17.2 Å². The van der Waals surface area contributed by atoms with Crippen LogP contribution in [0, 0.1) is 0 Å². The van der Waals surface area contributed by atoms with Gasteiger partial charge < -0.3 is 29.7 Å². The number of aromatic hydroxyl groups is 1. The van der Waals surface area contributed by atoms with Gasteiger partial charge in [0.2, 0.25) is 0 Å². The number of carbonyl (C=O) groups is 2. The molecule has 0 spiro atoms. The van der Waals surface area contributed by atoms with Crippen LogP contribution in [0.4, 0.5) is 10.5 Å². The van der Waals surface area contributed by atoms with Crippen molar-refractivity contribution in [1.82, 2.24) is 5.32 Å². The number of phenolic OH excluding ortho intramolecular Hbond substituents is 1. The van der Waals surface area contributed by atoms with Gasteiger partial charge >= 0.3 is 6.09 Å². The van der Waals surface area contributed by atoms with E-state index in [0.717, 1.165) is 0 Å². The van der Waals surface area contributed by atoms with Crippen LogP contribution < -0.4 is 20.1 Å². The molecular formula is C22H28N2O7. The van der Waals surface area contributed by atoms with Crippen molar-refractivity contribution in [1.29, 1.82) is 0 Å². The lowest BCUT2D eigenvalue weighted by atomic mass is 10.1. The molecule has 9 heteroatoms. The summed E-state index contributed by atoms with van der Waals surface area (Å²) in [5.41, 5.74) is -0.386. The second-order valence-electron chi connectivity index (χ2n) is 7.75. The van der Waals surface area contributed by atoms with E-state index in [4.69, 9.17) is 14.2 Å². The number of methoxy groups -OCH3 is 1. The average Bonchev–Trinajstić information content (AvgIpc) is 2.68. The van der Waals surface area contributed by atoms with Gasteiger partial charge in [0.25, 0.3) is 5.91 Å². The predicted molar refractivity (Wildman–Crippen MR) is 115 cm³/mol. The molecule has 2 rings (SSSR count). The smallest absolute Gasteiger partial charge is 0.412 e. The lowest BCUT2D eigenvalue weighted by Crippen LogP contribution is -2.35. The highest BCUT2D eigenvalue weighted by atomic mass is 16.6. The minimum Gasteiger partial charge on any atom is -0.508 e. The molecule has 4 N–H and O–H groups in total. The number of carbonyl (C=O) groups excluding carboxylic acids is 2. The summed E-state index contributed by atoms with van der Waals surface area (Å²) in [5.74, 6) is 0.498. The molecule has 0 bridgehead atoms. The molecule has 0 heterocycles. The van der Waals surface area contributed by atoms with Gasteiger partial charge in [-0.2, -0.15) is 0 Å². The van der Waals surface area contributed by atoms with Crippen LogP contribution in [0.25, 0.3) is 0 Å². The van der Waals surface area contributed by atoms with Gasteiger partial charge in [0, 0.05) is 23.9 Å². The Morgan fingerprint density at radius 2 is 1.71 bits per heavy atom. The fraction of sp³-hybridized carbons (Fsp3) is 0.364. The third-order valence-electron chi connectivity index (χ3n) is 3.83. The monoisotopic (exact) mass is 432 g/mol. The summed E-state index contributed by atoms with van der Waals surface area (Å²) in [5, 5.41) is 24.9. The van der Waals surface area contributed by atoms with Gasteiger partial charge in [0.15, 0.2) is 0 Å². The highest BCUT2D eigenvalue weighted by Gasteiger charge is 2.17. The first kappa shape index (κ1) is 23.8. The van der Waals surface area contributed by atoms with Crippen molar-refractivity contribution in [3.63, 3.8) is 0 Å². The number of anilines is 1. The van der Waals surface area contributed by atoms with Crippen LogP contribution in [0.15, 0.2) is 42.5 Å². The fourth-order valence-corrected chi connectivity index (χ4v) is 2.47. The SMILES string of the molecule is COc1ccc(OCC(O)CNC(=O)c2cc(O)cc(NC(=O)OC(C)(C)C)c2)cc1. The minimum atomic E-state index is -0.956. The zero-order valence-corrected chi connectivity index (χ0v) is 18.0. The van der Waals surface area contributed by atoms with Gasteiger partial charge in [-0.05, 0) is 57.2 Å². The topological polar surface area (TPSA) is 126 Å². The van der Waals surface area contributed by atoms with Gasteiger partial charge in [-0.15, -0.1) is 0 Å². The molecule has 1 atom stereocenters. The number of benzene rings is 2. The van der Waals surface area contributed by atoms with Gasteiger partial charge in [0.1, 0.15) is 35.6 Å². The van der Waals surface area contributed by atoms with E-state index < -0.39 is 23.7 Å². The Balaban J connectivity index is 1.87. The number of ether oxygens (including phenoxy) is 3. The molecule has 0 saturated heterocycles. The van der Waals surface area contributed by atoms with E-state index in [-0.39, 0.29) is 30.2 Å². The van der Waals surface area contributed by atoms with Gasteiger partial charge in [-0.25, -0.2) is 4.79 Å². The van der Waals surface area contributed by atoms with E-state index in [9.17, 15) is 19.8 Å². The van der Waals surface area contributed by atoms with Gasteiger partial charge in [-0.1, -0.05) is 0 Å². The first-order valence-electron chi connectivity index (χ1n) is 9.63. The van der Waals surface area contributed by atoms with Gasteiger partial charge in [0.05, 0.1) is 7.11 Å². The van der Waals surface area contributed by atoms with Crippen molar-refractivity contribution < 1.29 is 34.0 Å². The third-order valence-corrected chi connectivity index (χ3v) is 3.83.